The monoisotopic (exact) mass is 413 g/mol. The van der Waals surface area contributed by atoms with Crippen LogP contribution in [0.3, 0.4) is 0 Å². The van der Waals surface area contributed by atoms with Crippen molar-refractivity contribution >= 4 is 18.0 Å². The molecule has 1 aliphatic carbocycles. The molecule has 0 radical (unpaired) electrons. The molecular formula is C24H35N3O3. The number of nitrogens with one attached hydrogen (secondary N) is 2. The van der Waals surface area contributed by atoms with Gasteiger partial charge in [-0.25, -0.2) is 4.79 Å². The zero-order chi connectivity index (χ0) is 21.2. The normalized spacial score (nSPS) is 18.4. The van der Waals surface area contributed by atoms with Crippen molar-refractivity contribution < 1.29 is 14.3 Å². The molecule has 2 N–H and O–H groups in total. The van der Waals surface area contributed by atoms with Crippen LogP contribution in [0, 0.1) is 0 Å². The number of urea groups is 1. The summed E-state index contributed by atoms with van der Waals surface area (Å²) in [5, 5.41) is 6.24. The molecule has 1 saturated heterocycles. The first-order valence-corrected chi connectivity index (χ1v) is 11.4. The summed E-state index contributed by atoms with van der Waals surface area (Å²) in [6, 6.07) is 8.23. The average Bonchev–Trinajstić information content (AvgIpc) is 2.78. The van der Waals surface area contributed by atoms with Crippen molar-refractivity contribution in [3.05, 3.63) is 35.9 Å². The molecule has 30 heavy (non-hydrogen) atoms. The molecule has 1 aromatic carbocycles. The van der Waals surface area contributed by atoms with E-state index in [1.165, 1.54) is 19.3 Å². The molecule has 3 amide bonds. The lowest BCUT2D eigenvalue weighted by Crippen LogP contribution is -2.51. The zero-order valence-electron chi connectivity index (χ0n) is 18.1. The molecule has 0 bridgehead atoms. The van der Waals surface area contributed by atoms with Crippen LogP contribution >= 0.6 is 0 Å². The van der Waals surface area contributed by atoms with E-state index in [0.29, 0.717) is 25.7 Å². The highest BCUT2D eigenvalue weighted by Gasteiger charge is 2.25. The molecule has 0 spiro atoms. The first kappa shape index (κ1) is 22.2. The summed E-state index contributed by atoms with van der Waals surface area (Å²) in [4.78, 5) is 26.6. The first-order chi connectivity index (χ1) is 14.6. The molecule has 3 rings (SSSR count). The number of hydrogen-bond donors (Lipinski definition) is 2. The SMILES string of the molecule is CCCOc1ccc(/C=C/C(=O)NC2CCN(C(=O)NC3CCCCC3)CC2)cc1. The van der Waals surface area contributed by atoms with Gasteiger partial charge in [-0.2, -0.15) is 0 Å². The zero-order valence-corrected chi connectivity index (χ0v) is 18.1. The predicted octanol–water partition coefficient (Wildman–Crippen LogP) is 4.11. The fourth-order valence-corrected chi connectivity index (χ4v) is 4.06. The summed E-state index contributed by atoms with van der Waals surface area (Å²) in [5.41, 5.74) is 0.961. The third-order valence-electron chi connectivity index (χ3n) is 5.84. The van der Waals surface area contributed by atoms with Crippen LogP contribution in [0.5, 0.6) is 5.75 Å². The minimum Gasteiger partial charge on any atom is -0.494 e. The predicted molar refractivity (Wildman–Crippen MR) is 119 cm³/mol. The van der Waals surface area contributed by atoms with Crippen LogP contribution in [-0.2, 0) is 4.79 Å². The fraction of sp³-hybridized carbons (Fsp3) is 0.583. The van der Waals surface area contributed by atoms with Crippen molar-refractivity contribution in [3.63, 3.8) is 0 Å². The number of carbonyl (C=O) groups is 2. The maximum Gasteiger partial charge on any atom is 0.317 e. The minimum atomic E-state index is -0.0913. The van der Waals surface area contributed by atoms with Gasteiger partial charge < -0.3 is 20.3 Å². The van der Waals surface area contributed by atoms with E-state index in [9.17, 15) is 9.59 Å². The lowest BCUT2D eigenvalue weighted by atomic mass is 9.95. The Bertz CT molecular complexity index is 703. The van der Waals surface area contributed by atoms with E-state index in [1.807, 2.05) is 35.2 Å². The van der Waals surface area contributed by atoms with Gasteiger partial charge in [-0.05, 0) is 55.9 Å². The number of carbonyl (C=O) groups excluding carboxylic acids is 2. The fourth-order valence-electron chi connectivity index (χ4n) is 4.06. The number of likely N-dealkylation sites (tertiary alicyclic amines) is 1. The van der Waals surface area contributed by atoms with E-state index < -0.39 is 0 Å². The summed E-state index contributed by atoms with van der Waals surface area (Å²) >= 11 is 0. The van der Waals surface area contributed by atoms with Gasteiger partial charge in [0.25, 0.3) is 0 Å². The number of piperidine rings is 1. The van der Waals surface area contributed by atoms with E-state index in [2.05, 4.69) is 17.6 Å². The second-order valence-corrected chi connectivity index (χ2v) is 8.31. The molecule has 1 aromatic rings. The number of hydrogen-bond acceptors (Lipinski definition) is 3. The maximum atomic E-state index is 12.4. The highest BCUT2D eigenvalue weighted by molar-refractivity contribution is 5.91. The standard InChI is InChI=1S/C24H35N3O3/c1-2-18-30-22-11-8-19(9-12-22)10-13-23(28)25-21-14-16-27(17-15-21)24(29)26-20-6-4-3-5-7-20/h8-13,20-21H,2-7,14-18H2,1H3,(H,25,28)(H,26,29)/b13-10+. The Morgan fingerprint density at radius 3 is 2.33 bits per heavy atom. The van der Waals surface area contributed by atoms with Gasteiger partial charge in [0, 0.05) is 31.2 Å². The van der Waals surface area contributed by atoms with E-state index in [-0.39, 0.29) is 18.0 Å². The average molecular weight is 414 g/mol. The number of benzene rings is 1. The molecule has 6 heteroatoms. The molecule has 1 saturated carbocycles. The van der Waals surface area contributed by atoms with E-state index >= 15 is 0 Å². The van der Waals surface area contributed by atoms with Gasteiger partial charge >= 0.3 is 6.03 Å². The van der Waals surface area contributed by atoms with Gasteiger partial charge in [-0.3, -0.25) is 4.79 Å². The Hall–Kier alpha value is -2.50. The maximum absolute atomic E-state index is 12.4. The Kier molecular flexibility index (Phi) is 8.60. The lowest BCUT2D eigenvalue weighted by Gasteiger charge is -2.34. The number of amides is 3. The van der Waals surface area contributed by atoms with Crippen LogP contribution in [0.15, 0.2) is 30.3 Å². The molecule has 0 unspecified atom stereocenters. The quantitative estimate of drug-likeness (QED) is 0.661. The van der Waals surface area contributed by atoms with E-state index in [4.69, 9.17) is 4.74 Å². The van der Waals surface area contributed by atoms with Crippen LogP contribution < -0.4 is 15.4 Å². The molecule has 0 atom stereocenters. The molecular weight excluding hydrogens is 378 g/mol. The largest absolute Gasteiger partial charge is 0.494 e. The van der Waals surface area contributed by atoms with Crippen LogP contribution in [0.1, 0.15) is 63.9 Å². The second kappa shape index (κ2) is 11.6. The summed E-state index contributed by atoms with van der Waals surface area (Å²) in [7, 11) is 0. The van der Waals surface area contributed by atoms with Gasteiger partial charge in [0.15, 0.2) is 0 Å². The van der Waals surface area contributed by atoms with Crippen molar-refractivity contribution in [2.75, 3.05) is 19.7 Å². The molecule has 0 aromatic heterocycles. The molecule has 1 aliphatic heterocycles. The third kappa shape index (κ3) is 7.08. The Balaban J connectivity index is 1.37. The van der Waals surface area contributed by atoms with E-state index in [1.54, 1.807) is 6.08 Å². The van der Waals surface area contributed by atoms with Crippen LogP contribution in [0.4, 0.5) is 4.79 Å². The van der Waals surface area contributed by atoms with Crippen molar-refractivity contribution in [1.29, 1.82) is 0 Å². The number of rotatable bonds is 7. The molecule has 6 nitrogen and oxygen atoms in total. The van der Waals surface area contributed by atoms with E-state index in [0.717, 1.165) is 43.4 Å². The first-order valence-electron chi connectivity index (χ1n) is 11.4. The Morgan fingerprint density at radius 2 is 1.67 bits per heavy atom. The topological polar surface area (TPSA) is 70.7 Å². The van der Waals surface area contributed by atoms with Crippen molar-refractivity contribution in [2.24, 2.45) is 0 Å². The van der Waals surface area contributed by atoms with Gasteiger partial charge in [0.2, 0.25) is 5.91 Å². The van der Waals surface area contributed by atoms with Gasteiger partial charge in [-0.15, -0.1) is 0 Å². The second-order valence-electron chi connectivity index (χ2n) is 8.31. The minimum absolute atomic E-state index is 0.0536. The highest BCUT2D eigenvalue weighted by Crippen LogP contribution is 2.18. The van der Waals surface area contributed by atoms with Gasteiger partial charge in [0.05, 0.1) is 6.61 Å². The number of nitrogens with zero attached hydrogens (tertiary/aromatic N) is 1. The van der Waals surface area contributed by atoms with Gasteiger partial charge in [-0.1, -0.05) is 38.3 Å². The molecule has 164 valence electrons. The summed E-state index contributed by atoms with van der Waals surface area (Å²) in [6.45, 7) is 4.16. The highest BCUT2D eigenvalue weighted by atomic mass is 16.5. The smallest absolute Gasteiger partial charge is 0.317 e. The molecule has 2 aliphatic rings. The summed E-state index contributed by atoms with van der Waals surface area (Å²) < 4.78 is 5.57. The van der Waals surface area contributed by atoms with Crippen molar-refractivity contribution in [1.82, 2.24) is 15.5 Å². The number of ether oxygens (including phenoxy) is 1. The third-order valence-corrected chi connectivity index (χ3v) is 5.84. The Labute approximate surface area is 180 Å². The van der Waals surface area contributed by atoms with Crippen LogP contribution in [0.25, 0.3) is 6.08 Å². The Morgan fingerprint density at radius 1 is 1.00 bits per heavy atom. The van der Waals surface area contributed by atoms with Crippen molar-refractivity contribution in [2.45, 2.75) is 70.4 Å². The molecule has 1 heterocycles. The van der Waals surface area contributed by atoms with Crippen LogP contribution in [0.2, 0.25) is 0 Å². The van der Waals surface area contributed by atoms with Crippen molar-refractivity contribution in [3.8, 4) is 5.75 Å². The summed E-state index contributed by atoms with van der Waals surface area (Å²) in [6.07, 6.45) is 11.8. The van der Waals surface area contributed by atoms with Gasteiger partial charge in [0.1, 0.15) is 5.75 Å². The summed E-state index contributed by atoms with van der Waals surface area (Å²) in [5.74, 6) is 0.754. The van der Waals surface area contributed by atoms with Crippen LogP contribution in [-0.4, -0.2) is 48.6 Å². The molecule has 2 fully saturated rings. The lowest BCUT2D eigenvalue weighted by molar-refractivity contribution is -0.117.